The number of fused-ring (bicyclic) bond motifs is 1. The Hall–Kier alpha value is -1.87. The number of nitrogens with one attached hydrogen (secondary N) is 2. The number of carbonyl (C=O) groups excluding carboxylic acids is 3. The Balaban J connectivity index is 2.67. The van der Waals surface area contributed by atoms with Crippen LogP contribution in [0.5, 0.6) is 0 Å². The Kier molecular flexibility index (Phi) is 2.49. The second-order valence-electron chi connectivity index (χ2n) is 4.00. The van der Waals surface area contributed by atoms with E-state index >= 15 is 0 Å². The van der Waals surface area contributed by atoms with E-state index in [9.17, 15) is 14.4 Å². The van der Waals surface area contributed by atoms with Crippen molar-refractivity contribution in [1.29, 1.82) is 0 Å². The van der Waals surface area contributed by atoms with Gasteiger partial charge in [0.25, 0.3) is 17.5 Å². The average molecular weight is 258 g/mol. The lowest BCUT2D eigenvalue weighted by atomic mass is 10.0. The van der Waals surface area contributed by atoms with Crippen LogP contribution in [0.25, 0.3) is 0 Å². The zero-order valence-corrected chi connectivity index (χ0v) is 10.4. The van der Waals surface area contributed by atoms with Crippen LogP contribution >= 0.6 is 0 Å². The molecule has 2 saturated heterocycles. The van der Waals surface area contributed by atoms with Crippen LogP contribution in [0.2, 0.25) is 0 Å². The molecule has 2 aliphatic rings. The highest BCUT2D eigenvalue weighted by Crippen LogP contribution is 2.39. The molecule has 0 radical (unpaired) electrons. The lowest BCUT2D eigenvalue weighted by Crippen LogP contribution is -2.81. The van der Waals surface area contributed by atoms with Gasteiger partial charge < -0.3 is 9.47 Å². The molecule has 0 saturated carbocycles. The Morgan fingerprint density at radius 2 is 1.61 bits per heavy atom. The minimum atomic E-state index is -1.78. The molecule has 2 N–H and O–H groups in total. The van der Waals surface area contributed by atoms with Crippen molar-refractivity contribution < 1.29 is 23.9 Å². The number of methoxy groups -OCH3 is 2. The lowest BCUT2D eigenvalue weighted by molar-refractivity contribution is -0.263. The van der Waals surface area contributed by atoms with Crippen LogP contribution in [0.3, 0.4) is 0 Å². The molecule has 0 bridgehead atoms. The molecule has 100 valence electrons. The Morgan fingerprint density at radius 3 is 2.11 bits per heavy atom. The van der Waals surface area contributed by atoms with E-state index in [4.69, 9.17) is 9.47 Å². The smallest absolute Gasteiger partial charge is 0.327 e. The number of rotatable bonds is 2. The van der Waals surface area contributed by atoms with Crippen molar-refractivity contribution in [3.05, 3.63) is 0 Å². The summed E-state index contributed by atoms with van der Waals surface area (Å²) in [5.41, 5.74) is -1.78. The summed E-state index contributed by atoms with van der Waals surface area (Å²) in [6, 6.07) is -1.28. The number of hydrogen-bond donors (Lipinski definition) is 2. The van der Waals surface area contributed by atoms with Gasteiger partial charge in [-0.2, -0.15) is 0 Å². The van der Waals surface area contributed by atoms with Gasteiger partial charge in [0.1, 0.15) is 0 Å². The Labute approximate surface area is 103 Å². The second-order valence-corrected chi connectivity index (χ2v) is 4.00. The van der Waals surface area contributed by atoms with Gasteiger partial charge in [-0.3, -0.25) is 25.2 Å². The molecule has 0 unspecified atom stereocenters. The third-order valence-corrected chi connectivity index (χ3v) is 3.41. The predicted octanol–water partition coefficient (Wildman–Crippen LogP) is -1.53. The molecule has 18 heavy (non-hydrogen) atoms. The van der Waals surface area contributed by atoms with Crippen LogP contribution in [0, 0.1) is 0 Å². The van der Waals surface area contributed by atoms with Crippen LogP contribution in [-0.4, -0.2) is 67.7 Å². The molecule has 5 amide bonds. The maximum atomic E-state index is 12.1. The van der Waals surface area contributed by atoms with Crippen molar-refractivity contribution in [3.8, 4) is 0 Å². The maximum Gasteiger partial charge on any atom is 0.327 e. The molecule has 0 aromatic heterocycles. The standard InChI is InChI=1S/C9H14N4O5/c1-12-7(16)11-9(18-4)8(12,17-3)5(14)10-6(15)13(9)2/h1-4H3,(H,11,16)(H,10,14,15)/t8-,9-/m1/s1. The molecule has 2 aliphatic heterocycles. The summed E-state index contributed by atoms with van der Waals surface area (Å²) in [6.07, 6.45) is 0. The molecule has 0 aliphatic carbocycles. The minimum Gasteiger partial charge on any atom is -0.345 e. The van der Waals surface area contributed by atoms with Crippen LogP contribution in [0.4, 0.5) is 9.59 Å². The van der Waals surface area contributed by atoms with E-state index in [0.717, 1.165) is 9.80 Å². The number of urea groups is 2. The molecule has 2 rings (SSSR count). The van der Waals surface area contributed by atoms with Crippen LogP contribution in [0.15, 0.2) is 0 Å². The first-order valence-corrected chi connectivity index (χ1v) is 5.13. The van der Waals surface area contributed by atoms with Crippen LogP contribution in [-0.2, 0) is 14.3 Å². The third-order valence-electron chi connectivity index (χ3n) is 3.41. The van der Waals surface area contributed by atoms with Crippen molar-refractivity contribution in [2.24, 2.45) is 0 Å². The maximum absolute atomic E-state index is 12.1. The van der Waals surface area contributed by atoms with Gasteiger partial charge in [0, 0.05) is 28.3 Å². The normalized spacial score (nSPS) is 35.4. The quantitative estimate of drug-likeness (QED) is 0.625. The Bertz CT molecular complexity index is 441. The third kappa shape index (κ3) is 1.05. The van der Waals surface area contributed by atoms with Gasteiger partial charge in [-0.25, -0.2) is 9.59 Å². The van der Waals surface area contributed by atoms with E-state index in [1.54, 1.807) is 0 Å². The summed E-state index contributed by atoms with van der Waals surface area (Å²) in [6.45, 7) is 0. The van der Waals surface area contributed by atoms with Gasteiger partial charge in [0.05, 0.1) is 0 Å². The largest absolute Gasteiger partial charge is 0.345 e. The summed E-state index contributed by atoms with van der Waals surface area (Å²) in [5, 5.41) is 4.57. The number of hydrogen-bond acceptors (Lipinski definition) is 5. The monoisotopic (exact) mass is 258 g/mol. The van der Waals surface area contributed by atoms with Gasteiger partial charge >= 0.3 is 12.1 Å². The average Bonchev–Trinajstić information content (AvgIpc) is 2.58. The van der Waals surface area contributed by atoms with Gasteiger partial charge in [-0.1, -0.05) is 0 Å². The van der Waals surface area contributed by atoms with Gasteiger partial charge in [0.2, 0.25) is 0 Å². The fraction of sp³-hybridized carbons (Fsp3) is 0.667. The number of likely N-dealkylation sites (N-methyl/N-ethyl adjacent to an activating group) is 2. The summed E-state index contributed by atoms with van der Waals surface area (Å²) < 4.78 is 10.5. The minimum absolute atomic E-state index is 0.588. The summed E-state index contributed by atoms with van der Waals surface area (Å²) in [5.74, 6) is -2.47. The summed E-state index contributed by atoms with van der Waals surface area (Å²) >= 11 is 0. The van der Waals surface area contributed by atoms with Crippen molar-refractivity contribution in [2.75, 3.05) is 28.3 Å². The van der Waals surface area contributed by atoms with E-state index in [0.29, 0.717) is 0 Å². The molecular weight excluding hydrogens is 244 g/mol. The number of amides is 5. The highest BCUT2D eigenvalue weighted by atomic mass is 16.6. The number of carbonyl (C=O) groups is 3. The van der Waals surface area contributed by atoms with E-state index in [2.05, 4.69) is 10.6 Å². The highest BCUT2D eigenvalue weighted by Gasteiger charge is 2.74. The van der Waals surface area contributed by atoms with Crippen molar-refractivity contribution in [2.45, 2.75) is 11.6 Å². The molecular formula is C9H14N4O5. The van der Waals surface area contributed by atoms with Crippen molar-refractivity contribution in [3.63, 3.8) is 0 Å². The SMILES string of the molecule is CO[C@@]12NC(=O)N(C)[C@@]1(OC)C(=O)NC(=O)N2C. The highest BCUT2D eigenvalue weighted by molar-refractivity contribution is 6.06. The molecule has 9 heteroatoms. The van der Waals surface area contributed by atoms with Crippen LogP contribution < -0.4 is 10.6 Å². The van der Waals surface area contributed by atoms with Gasteiger partial charge in [-0.15, -0.1) is 0 Å². The Morgan fingerprint density at radius 1 is 1.00 bits per heavy atom. The molecule has 2 heterocycles. The zero-order valence-electron chi connectivity index (χ0n) is 10.4. The number of imide groups is 1. The number of nitrogens with zero attached hydrogens (tertiary/aromatic N) is 2. The first-order chi connectivity index (χ1) is 8.37. The van der Waals surface area contributed by atoms with E-state index in [-0.39, 0.29) is 0 Å². The summed E-state index contributed by atoms with van der Waals surface area (Å²) in [4.78, 5) is 37.7. The molecule has 0 aromatic carbocycles. The van der Waals surface area contributed by atoms with Crippen molar-refractivity contribution >= 4 is 18.0 Å². The van der Waals surface area contributed by atoms with E-state index in [1.165, 1.54) is 28.3 Å². The molecule has 0 aromatic rings. The topological polar surface area (TPSA) is 100 Å². The fourth-order valence-corrected chi connectivity index (χ4v) is 2.40. The predicted molar refractivity (Wildman–Crippen MR) is 57.1 cm³/mol. The first kappa shape index (κ1) is 12.6. The lowest BCUT2D eigenvalue weighted by Gasteiger charge is -2.49. The fourth-order valence-electron chi connectivity index (χ4n) is 2.40. The van der Waals surface area contributed by atoms with Gasteiger partial charge in [0.15, 0.2) is 0 Å². The molecule has 9 nitrogen and oxygen atoms in total. The van der Waals surface area contributed by atoms with Crippen molar-refractivity contribution in [1.82, 2.24) is 20.4 Å². The second kappa shape index (κ2) is 3.56. The van der Waals surface area contributed by atoms with Gasteiger partial charge in [-0.05, 0) is 0 Å². The zero-order chi connectivity index (χ0) is 13.7. The molecule has 2 atom stereocenters. The van der Waals surface area contributed by atoms with E-state index in [1.807, 2.05) is 0 Å². The summed E-state index contributed by atoms with van der Waals surface area (Å²) in [7, 11) is 5.30. The molecule has 0 spiro atoms. The first-order valence-electron chi connectivity index (χ1n) is 5.13. The van der Waals surface area contributed by atoms with E-state index < -0.39 is 29.5 Å². The molecule has 2 fully saturated rings. The van der Waals surface area contributed by atoms with Crippen LogP contribution in [0.1, 0.15) is 0 Å². The number of ether oxygens (including phenoxy) is 2.